The molecule has 0 heterocycles. The van der Waals surface area contributed by atoms with Gasteiger partial charge in [-0.1, -0.05) is 53.5 Å². The molecule has 0 amide bonds. The molecule has 0 aromatic heterocycles. The Morgan fingerprint density at radius 2 is 1.77 bits per heavy atom. The van der Waals surface area contributed by atoms with E-state index in [4.69, 9.17) is 27.9 Å². The van der Waals surface area contributed by atoms with Gasteiger partial charge in [0.2, 0.25) is 0 Å². The smallest absolute Gasteiger partial charge is 0.154 e. The summed E-state index contributed by atoms with van der Waals surface area (Å²) in [5.74, 6) is 0. The number of ether oxygens (including phenoxy) is 1. The minimum absolute atomic E-state index is 0.489. The van der Waals surface area contributed by atoms with E-state index in [-0.39, 0.29) is 0 Å². The van der Waals surface area contributed by atoms with Gasteiger partial charge in [0.1, 0.15) is 5.60 Å². The van der Waals surface area contributed by atoms with Crippen molar-refractivity contribution in [2.24, 2.45) is 0 Å². The quantitative estimate of drug-likeness (QED) is 0.691. The second kappa shape index (κ2) is 2.88. The fraction of sp³-hybridized carbons (Fsp3) is 0.400. The molecule has 1 saturated carbocycles. The number of methoxy groups -OCH3 is 1. The number of halogens is 2. The molecule has 1 aliphatic carbocycles. The lowest BCUT2D eigenvalue weighted by molar-refractivity contribution is 0.0763. The zero-order chi connectivity index (χ0) is 9.53. The maximum Gasteiger partial charge on any atom is 0.154 e. The molecule has 3 heteroatoms. The van der Waals surface area contributed by atoms with Gasteiger partial charge >= 0.3 is 0 Å². The molecule has 2 rings (SSSR count). The predicted octanol–water partition coefficient (Wildman–Crippen LogP) is 3.11. The molecule has 0 saturated heterocycles. The minimum atomic E-state index is -0.761. The molecule has 1 aromatic rings. The molecule has 0 N–H and O–H groups in total. The molecule has 0 aliphatic heterocycles. The van der Waals surface area contributed by atoms with Crippen LogP contribution in [0.1, 0.15) is 12.0 Å². The average molecular weight is 217 g/mol. The molecule has 70 valence electrons. The lowest BCUT2D eigenvalue weighted by Crippen LogP contribution is -2.17. The Morgan fingerprint density at radius 3 is 2.15 bits per heavy atom. The zero-order valence-corrected chi connectivity index (χ0v) is 8.77. The van der Waals surface area contributed by atoms with Gasteiger partial charge < -0.3 is 4.74 Å². The van der Waals surface area contributed by atoms with Crippen molar-refractivity contribution in [1.82, 2.24) is 0 Å². The van der Waals surface area contributed by atoms with E-state index in [1.165, 1.54) is 0 Å². The summed E-state index contributed by atoms with van der Waals surface area (Å²) in [4.78, 5) is 0. The molecule has 0 unspecified atom stereocenters. The molecular weight excluding hydrogens is 207 g/mol. The third kappa shape index (κ3) is 1.26. The molecule has 0 spiro atoms. The van der Waals surface area contributed by atoms with Crippen LogP contribution in [0.5, 0.6) is 0 Å². The van der Waals surface area contributed by atoms with Crippen molar-refractivity contribution in [2.75, 3.05) is 7.11 Å². The van der Waals surface area contributed by atoms with Gasteiger partial charge in [-0.05, 0) is 5.56 Å². The maximum atomic E-state index is 6.04. The van der Waals surface area contributed by atoms with E-state index in [0.717, 1.165) is 5.56 Å². The Kier molecular flexibility index (Phi) is 2.06. The molecule has 0 radical (unpaired) electrons. The maximum absolute atomic E-state index is 6.04. The van der Waals surface area contributed by atoms with Gasteiger partial charge in [-0.15, -0.1) is 0 Å². The van der Waals surface area contributed by atoms with Gasteiger partial charge in [0, 0.05) is 13.5 Å². The Hall–Kier alpha value is -0.240. The number of hydrogen-bond acceptors (Lipinski definition) is 1. The highest BCUT2D eigenvalue weighted by atomic mass is 35.5. The van der Waals surface area contributed by atoms with E-state index < -0.39 is 9.93 Å². The summed E-state index contributed by atoms with van der Waals surface area (Å²) in [6, 6.07) is 9.84. The first kappa shape index (κ1) is 9.32. The largest absolute Gasteiger partial charge is 0.370 e. The van der Waals surface area contributed by atoms with Crippen LogP contribution in [0.3, 0.4) is 0 Å². The summed E-state index contributed by atoms with van der Waals surface area (Å²) >= 11 is 12.1. The van der Waals surface area contributed by atoms with Crippen LogP contribution < -0.4 is 0 Å². The van der Waals surface area contributed by atoms with Crippen molar-refractivity contribution >= 4 is 23.2 Å². The Morgan fingerprint density at radius 1 is 1.23 bits per heavy atom. The fourth-order valence-corrected chi connectivity index (χ4v) is 2.38. The van der Waals surface area contributed by atoms with Gasteiger partial charge in [-0.2, -0.15) is 0 Å². The molecule has 1 aromatic carbocycles. The summed E-state index contributed by atoms with van der Waals surface area (Å²) < 4.78 is 4.63. The third-order valence-corrected chi connectivity index (χ3v) is 3.40. The topological polar surface area (TPSA) is 9.23 Å². The van der Waals surface area contributed by atoms with Gasteiger partial charge in [0.05, 0.1) is 0 Å². The van der Waals surface area contributed by atoms with Crippen molar-refractivity contribution in [3.8, 4) is 0 Å². The molecular formula is C10H10Cl2O. The van der Waals surface area contributed by atoms with Crippen molar-refractivity contribution in [1.29, 1.82) is 0 Å². The molecule has 0 bridgehead atoms. The fourth-order valence-electron chi connectivity index (χ4n) is 1.63. The highest BCUT2D eigenvalue weighted by Crippen LogP contribution is 2.65. The van der Waals surface area contributed by atoms with Crippen LogP contribution >= 0.6 is 23.2 Å². The summed E-state index contributed by atoms with van der Waals surface area (Å²) in [7, 11) is 1.64. The standard InChI is InChI=1S/C10H10Cl2O/c1-13-9(7-10(9,11)12)8-5-3-2-4-6-8/h2-6H,7H2,1H3/t9-/m1/s1. The third-order valence-electron chi connectivity index (χ3n) is 2.53. The van der Waals surface area contributed by atoms with Crippen LogP contribution in [0.2, 0.25) is 0 Å². The lowest BCUT2D eigenvalue weighted by Gasteiger charge is -2.16. The van der Waals surface area contributed by atoms with Crippen LogP contribution in [-0.2, 0) is 10.3 Å². The van der Waals surface area contributed by atoms with Crippen LogP contribution in [0.15, 0.2) is 30.3 Å². The molecule has 1 nitrogen and oxygen atoms in total. The Bertz CT molecular complexity index is 310. The van der Waals surface area contributed by atoms with E-state index in [1.54, 1.807) is 7.11 Å². The number of rotatable bonds is 2. The van der Waals surface area contributed by atoms with Gasteiger partial charge in [-0.25, -0.2) is 0 Å². The van der Waals surface area contributed by atoms with Crippen molar-refractivity contribution < 1.29 is 4.74 Å². The van der Waals surface area contributed by atoms with E-state index >= 15 is 0 Å². The highest BCUT2D eigenvalue weighted by molar-refractivity contribution is 6.52. The van der Waals surface area contributed by atoms with Crippen molar-refractivity contribution in [3.63, 3.8) is 0 Å². The lowest BCUT2D eigenvalue weighted by atomic mass is 10.1. The molecule has 1 aliphatic rings. The number of alkyl halides is 2. The minimum Gasteiger partial charge on any atom is -0.370 e. The SMILES string of the molecule is CO[C@@]1(c2ccccc2)CC1(Cl)Cl. The predicted molar refractivity (Wildman–Crippen MR) is 54.2 cm³/mol. The van der Waals surface area contributed by atoms with Crippen LogP contribution in [0, 0.1) is 0 Å². The normalized spacial score (nSPS) is 30.1. The van der Waals surface area contributed by atoms with Gasteiger partial charge in [0.25, 0.3) is 0 Å². The first-order valence-electron chi connectivity index (χ1n) is 4.11. The summed E-state index contributed by atoms with van der Waals surface area (Å²) in [6.07, 6.45) is 0.656. The molecule has 1 atom stereocenters. The number of hydrogen-bond donors (Lipinski definition) is 0. The molecule has 1 fully saturated rings. The Labute approximate surface area is 87.6 Å². The van der Waals surface area contributed by atoms with E-state index in [9.17, 15) is 0 Å². The number of benzene rings is 1. The Balaban J connectivity index is 2.37. The van der Waals surface area contributed by atoms with Gasteiger partial charge in [0.15, 0.2) is 4.33 Å². The average Bonchev–Trinajstić information content (AvgIpc) is 2.72. The summed E-state index contributed by atoms with van der Waals surface area (Å²) in [6.45, 7) is 0. The van der Waals surface area contributed by atoms with E-state index in [2.05, 4.69) is 0 Å². The second-order valence-corrected chi connectivity index (χ2v) is 4.76. The van der Waals surface area contributed by atoms with E-state index in [1.807, 2.05) is 30.3 Å². The van der Waals surface area contributed by atoms with Gasteiger partial charge in [-0.3, -0.25) is 0 Å². The second-order valence-electron chi connectivity index (χ2n) is 3.28. The highest BCUT2D eigenvalue weighted by Gasteiger charge is 2.68. The first-order valence-corrected chi connectivity index (χ1v) is 4.86. The van der Waals surface area contributed by atoms with Crippen molar-refractivity contribution in [2.45, 2.75) is 16.4 Å². The van der Waals surface area contributed by atoms with Crippen LogP contribution in [-0.4, -0.2) is 11.4 Å². The summed E-state index contributed by atoms with van der Waals surface area (Å²) in [5, 5.41) is 0. The molecule has 13 heavy (non-hydrogen) atoms. The van der Waals surface area contributed by atoms with Crippen molar-refractivity contribution in [3.05, 3.63) is 35.9 Å². The summed E-state index contributed by atoms with van der Waals surface area (Å²) in [5.41, 5.74) is 0.555. The first-order chi connectivity index (χ1) is 6.12. The monoisotopic (exact) mass is 216 g/mol. The zero-order valence-electron chi connectivity index (χ0n) is 7.26. The van der Waals surface area contributed by atoms with E-state index in [0.29, 0.717) is 6.42 Å². The van der Waals surface area contributed by atoms with Crippen LogP contribution in [0.4, 0.5) is 0 Å². The van der Waals surface area contributed by atoms with Crippen LogP contribution in [0.25, 0.3) is 0 Å².